The average Bonchev–Trinajstić information content (AvgIpc) is 2.21. The van der Waals surface area contributed by atoms with Crippen molar-refractivity contribution in [1.29, 1.82) is 0 Å². The second-order valence-corrected chi connectivity index (χ2v) is 4.07. The van der Waals surface area contributed by atoms with E-state index in [1.807, 2.05) is 19.0 Å². The minimum atomic E-state index is -0.0812. The number of likely N-dealkylation sites (N-methyl/N-ethyl adjacent to an activating group) is 2. The molecule has 0 aromatic rings. The number of amides is 2. The molecule has 5 nitrogen and oxygen atoms in total. The second kappa shape index (κ2) is 8.10. The van der Waals surface area contributed by atoms with Crippen molar-refractivity contribution in [2.75, 3.05) is 27.7 Å². The van der Waals surface area contributed by atoms with Crippen molar-refractivity contribution in [3.63, 3.8) is 0 Å². The van der Waals surface area contributed by atoms with Crippen LogP contribution in [-0.4, -0.2) is 50.4 Å². The van der Waals surface area contributed by atoms with E-state index in [-0.39, 0.29) is 17.9 Å². The number of nitrogens with one attached hydrogen (secondary N) is 2. The molecular weight excluding hydrogens is 209 g/mol. The Kier molecular flexibility index (Phi) is 7.54. The molecule has 0 aliphatic carbocycles. The number of unbranched alkanes of at least 4 members (excludes halogenated alkanes) is 1. The Bertz CT molecular complexity index is 229. The summed E-state index contributed by atoms with van der Waals surface area (Å²) in [6.45, 7) is 2.19. The molecule has 0 rings (SSSR count). The number of carbonyl (C=O) groups excluding carboxylic acids is 2. The molecule has 0 bridgehead atoms. The third kappa shape index (κ3) is 6.40. The molecule has 16 heavy (non-hydrogen) atoms. The van der Waals surface area contributed by atoms with Crippen molar-refractivity contribution >= 4 is 11.8 Å². The second-order valence-electron chi connectivity index (χ2n) is 4.07. The van der Waals surface area contributed by atoms with Crippen LogP contribution in [0.3, 0.4) is 0 Å². The van der Waals surface area contributed by atoms with E-state index >= 15 is 0 Å². The maximum absolute atomic E-state index is 11.5. The summed E-state index contributed by atoms with van der Waals surface area (Å²) in [5.41, 5.74) is 0. The predicted molar refractivity (Wildman–Crippen MR) is 64.1 cm³/mol. The molecule has 0 spiro atoms. The lowest BCUT2D eigenvalue weighted by Gasteiger charge is -2.22. The van der Waals surface area contributed by atoms with Crippen molar-refractivity contribution in [3.8, 4) is 0 Å². The molecule has 0 aliphatic rings. The third-order valence-corrected chi connectivity index (χ3v) is 2.45. The van der Waals surface area contributed by atoms with Gasteiger partial charge in [-0.25, -0.2) is 0 Å². The van der Waals surface area contributed by atoms with Crippen LogP contribution < -0.4 is 10.6 Å². The Labute approximate surface area is 97.6 Å². The molecule has 2 N–H and O–H groups in total. The van der Waals surface area contributed by atoms with Gasteiger partial charge in [0.25, 0.3) is 0 Å². The van der Waals surface area contributed by atoms with Gasteiger partial charge in [-0.15, -0.1) is 0 Å². The van der Waals surface area contributed by atoms with Gasteiger partial charge in [-0.05, 0) is 33.4 Å². The van der Waals surface area contributed by atoms with Crippen LogP contribution in [0.15, 0.2) is 0 Å². The highest BCUT2D eigenvalue weighted by Gasteiger charge is 2.18. The highest BCUT2D eigenvalue weighted by molar-refractivity contribution is 5.81. The van der Waals surface area contributed by atoms with Crippen LogP contribution in [0.4, 0.5) is 0 Å². The minimum Gasteiger partial charge on any atom is -0.358 e. The lowest BCUT2D eigenvalue weighted by Crippen LogP contribution is -2.42. The lowest BCUT2D eigenvalue weighted by molar-refractivity contribution is -0.125. The van der Waals surface area contributed by atoms with E-state index in [2.05, 4.69) is 10.6 Å². The summed E-state index contributed by atoms with van der Waals surface area (Å²) in [4.78, 5) is 24.0. The van der Waals surface area contributed by atoms with E-state index in [0.717, 1.165) is 19.3 Å². The minimum absolute atomic E-state index is 0.00420. The maximum Gasteiger partial charge on any atom is 0.237 e. The Morgan fingerprint density at radius 1 is 1.25 bits per heavy atom. The van der Waals surface area contributed by atoms with E-state index < -0.39 is 0 Å². The van der Waals surface area contributed by atoms with Gasteiger partial charge in [0.2, 0.25) is 11.8 Å². The van der Waals surface area contributed by atoms with Crippen molar-refractivity contribution in [1.82, 2.24) is 15.5 Å². The van der Waals surface area contributed by atoms with E-state index in [1.54, 1.807) is 7.05 Å². The van der Waals surface area contributed by atoms with Gasteiger partial charge in [-0.3, -0.25) is 14.5 Å². The predicted octanol–water partition coefficient (Wildman–Crippen LogP) is -0.0310. The summed E-state index contributed by atoms with van der Waals surface area (Å²) in [5.74, 6) is 0.0417. The molecule has 5 heteroatoms. The first-order valence-corrected chi connectivity index (χ1v) is 5.61. The van der Waals surface area contributed by atoms with Crippen molar-refractivity contribution in [3.05, 3.63) is 0 Å². The van der Waals surface area contributed by atoms with Crippen LogP contribution in [-0.2, 0) is 9.59 Å². The zero-order valence-electron chi connectivity index (χ0n) is 10.7. The molecule has 94 valence electrons. The topological polar surface area (TPSA) is 61.4 Å². The van der Waals surface area contributed by atoms with E-state index in [1.165, 1.54) is 6.92 Å². The fourth-order valence-electron chi connectivity index (χ4n) is 1.52. The van der Waals surface area contributed by atoms with Crippen molar-refractivity contribution in [2.24, 2.45) is 0 Å². The first-order chi connectivity index (χ1) is 7.49. The molecule has 0 fully saturated rings. The van der Waals surface area contributed by atoms with Crippen LogP contribution in [0.5, 0.6) is 0 Å². The average molecular weight is 232 g/mol. The molecule has 0 saturated carbocycles. The van der Waals surface area contributed by atoms with Gasteiger partial charge in [-0.1, -0.05) is 0 Å². The summed E-state index contributed by atoms with van der Waals surface area (Å²) >= 11 is 0. The smallest absolute Gasteiger partial charge is 0.237 e. The zero-order valence-corrected chi connectivity index (χ0v) is 10.7. The molecule has 1 atom stereocenters. The van der Waals surface area contributed by atoms with Gasteiger partial charge in [0, 0.05) is 20.5 Å². The number of hydrogen-bond acceptors (Lipinski definition) is 3. The zero-order chi connectivity index (χ0) is 12.6. The first kappa shape index (κ1) is 14.9. The number of nitrogens with zero attached hydrogens (tertiary/aromatic N) is 1. The van der Waals surface area contributed by atoms with Gasteiger partial charge in [0.15, 0.2) is 0 Å². The highest BCUT2D eigenvalue weighted by Crippen LogP contribution is 2.05. The Hall–Kier alpha value is -1.10. The van der Waals surface area contributed by atoms with Crippen LogP contribution in [0.25, 0.3) is 0 Å². The summed E-state index contributed by atoms with van der Waals surface area (Å²) in [7, 11) is 5.44. The fraction of sp³-hybridized carbons (Fsp3) is 0.818. The van der Waals surface area contributed by atoms with Crippen LogP contribution >= 0.6 is 0 Å². The normalized spacial score (nSPS) is 12.3. The standard InChI is InChI=1S/C11H23N3O2/c1-9(15)13-8-6-5-7-10(14(3)4)11(16)12-2/h10H,5-8H2,1-4H3,(H,12,16)(H,13,15)/i1+1,2+1,14+1. The number of carbonyl (C=O) groups is 2. The molecule has 1 unspecified atom stereocenters. The van der Waals surface area contributed by atoms with E-state index in [4.69, 9.17) is 0 Å². The van der Waals surface area contributed by atoms with E-state index in [9.17, 15) is 9.59 Å². The fourth-order valence-corrected chi connectivity index (χ4v) is 1.52. The van der Waals surface area contributed by atoms with E-state index in [0.29, 0.717) is 6.54 Å². The molecule has 2 amide bonds. The van der Waals surface area contributed by atoms with Crippen LogP contribution in [0, 0.1) is 0 Å². The number of rotatable bonds is 7. The van der Waals surface area contributed by atoms with Gasteiger partial charge in [0.05, 0.1) is 6.04 Å². The molecule has 0 aromatic heterocycles. The Morgan fingerprint density at radius 2 is 1.88 bits per heavy atom. The number of hydrogen-bond donors (Lipinski definition) is 2. The third-order valence-electron chi connectivity index (χ3n) is 2.45. The quantitative estimate of drug-likeness (QED) is 0.368. The largest absolute Gasteiger partial charge is 0.358 e. The SMILES string of the molecule is C[15N](C)C(CCCCNC([13CH3])=O)C(=O)N[13CH3]. The van der Waals surface area contributed by atoms with Crippen LogP contribution in [0.2, 0.25) is 0 Å². The van der Waals surface area contributed by atoms with Gasteiger partial charge < -0.3 is 10.6 Å². The molecule has 0 radical (unpaired) electrons. The Balaban J connectivity index is 3.77. The summed E-state index contributed by atoms with van der Waals surface area (Å²) in [5, 5.41) is 5.39. The van der Waals surface area contributed by atoms with Crippen molar-refractivity contribution < 1.29 is 9.59 Å². The van der Waals surface area contributed by atoms with Gasteiger partial charge in [-0.2, -0.15) is 0 Å². The maximum atomic E-state index is 11.5. The lowest BCUT2D eigenvalue weighted by atomic mass is 10.1. The van der Waals surface area contributed by atoms with Gasteiger partial charge in [0.1, 0.15) is 0 Å². The Morgan fingerprint density at radius 3 is 2.31 bits per heavy atom. The van der Waals surface area contributed by atoms with Gasteiger partial charge >= 0.3 is 0 Å². The monoisotopic (exact) mass is 232 g/mol. The van der Waals surface area contributed by atoms with Crippen LogP contribution in [0.1, 0.15) is 26.2 Å². The highest BCUT2D eigenvalue weighted by atomic mass is 16.2. The molecular formula is C11H23N3O2. The summed E-state index contributed by atoms with van der Waals surface area (Å²) in [6, 6.07) is -0.0812. The molecule has 0 saturated heterocycles. The molecule has 0 heterocycles. The van der Waals surface area contributed by atoms with Crippen molar-refractivity contribution in [2.45, 2.75) is 32.2 Å². The first-order valence-electron chi connectivity index (χ1n) is 5.61. The molecule has 0 aliphatic heterocycles. The molecule has 0 aromatic carbocycles. The summed E-state index contributed by atoms with van der Waals surface area (Å²) in [6.07, 6.45) is 2.64. The summed E-state index contributed by atoms with van der Waals surface area (Å²) < 4.78 is 0.